The van der Waals surface area contributed by atoms with Crippen LogP contribution in [0, 0.1) is 0 Å². The number of nitrogens with zero attached hydrogens (tertiary/aromatic N) is 1. The lowest BCUT2D eigenvalue weighted by molar-refractivity contribution is 0.949. The third-order valence-electron chi connectivity index (χ3n) is 4.60. The van der Waals surface area contributed by atoms with Crippen LogP contribution < -0.4 is 5.32 Å². The minimum absolute atomic E-state index is 0.813. The quantitative estimate of drug-likeness (QED) is 0.609. The molecule has 4 rings (SSSR count). The summed E-state index contributed by atoms with van der Waals surface area (Å²) in [5.41, 5.74) is 3.63. The van der Waals surface area contributed by atoms with Crippen molar-refractivity contribution in [2.45, 2.75) is 12.8 Å². The van der Waals surface area contributed by atoms with E-state index in [1.54, 1.807) is 0 Å². The van der Waals surface area contributed by atoms with Gasteiger partial charge >= 0.3 is 0 Å². The summed E-state index contributed by atoms with van der Waals surface area (Å²) in [4.78, 5) is 4.57. The van der Waals surface area contributed by atoms with Gasteiger partial charge in [-0.05, 0) is 52.9 Å². The SMILES string of the molecule is Clc1cccc(C2=NCCN2)c1CCc1cc(Br)cc2ccccc12. The average molecular weight is 414 g/mol. The Labute approximate surface area is 161 Å². The van der Waals surface area contributed by atoms with Crippen molar-refractivity contribution >= 4 is 44.1 Å². The van der Waals surface area contributed by atoms with Crippen LogP contribution in [0.1, 0.15) is 16.7 Å². The van der Waals surface area contributed by atoms with Crippen LogP contribution in [-0.2, 0) is 12.8 Å². The highest BCUT2D eigenvalue weighted by molar-refractivity contribution is 9.10. The molecule has 0 spiro atoms. The van der Waals surface area contributed by atoms with Crippen LogP contribution >= 0.6 is 27.5 Å². The molecule has 1 N–H and O–H groups in total. The van der Waals surface area contributed by atoms with E-state index in [0.29, 0.717) is 0 Å². The van der Waals surface area contributed by atoms with E-state index in [1.807, 2.05) is 12.1 Å². The molecule has 1 heterocycles. The van der Waals surface area contributed by atoms with Gasteiger partial charge in [0.05, 0.1) is 6.54 Å². The molecule has 2 nitrogen and oxygen atoms in total. The molecule has 0 atom stereocenters. The maximum Gasteiger partial charge on any atom is 0.128 e. The topological polar surface area (TPSA) is 24.4 Å². The summed E-state index contributed by atoms with van der Waals surface area (Å²) in [6.07, 6.45) is 1.82. The fraction of sp³-hybridized carbons (Fsp3) is 0.190. The molecule has 4 heteroatoms. The second kappa shape index (κ2) is 7.19. The third kappa shape index (κ3) is 3.44. The molecule has 1 aliphatic heterocycles. The number of aliphatic imine (C=N–C) groups is 1. The highest BCUT2D eigenvalue weighted by Crippen LogP contribution is 2.28. The van der Waals surface area contributed by atoms with E-state index in [1.165, 1.54) is 21.9 Å². The molecular weight excluding hydrogens is 396 g/mol. The predicted octanol–water partition coefficient (Wildman–Crippen LogP) is 5.39. The number of hydrogen-bond donors (Lipinski definition) is 1. The number of benzene rings is 3. The summed E-state index contributed by atoms with van der Waals surface area (Å²) in [5, 5.41) is 6.73. The van der Waals surface area contributed by atoms with Crippen molar-refractivity contribution in [3.05, 3.63) is 80.8 Å². The standard InChI is InChI=1S/C21H18BrClN2/c22-16-12-14-4-1-2-5-17(14)15(13-16)8-9-18-19(6-3-7-20(18)23)21-24-10-11-25-21/h1-7,12-13H,8-11H2,(H,24,25). The van der Waals surface area contributed by atoms with Gasteiger partial charge in [0.15, 0.2) is 0 Å². The van der Waals surface area contributed by atoms with Crippen LogP contribution in [0.4, 0.5) is 0 Å². The lowest BCUT2D eigenvalue weighted by Crippen LogP contribution is -2.21. The van der Waals surface area contributed by atoms with Gasteiger partial charge in [-0.1, -0.05) is 63.9 Å². The number of amidine groups is 1. The molecule has 1 aliphatic rings. The van der Waals surface area contributed by atoms with Crippen LogP contribution in [0.15, 0.2) is 64.1 Å². The summed E-state index contributed by atoms with van der Waals surface area (Å²) in [6, 6.07) is 19.0. The minimum Gasteiger partial charge on any atom is -0.368 e. The molecule has 3 aromatic rings. The largest absolute Gasteiger partial charge is 0.368 e. The number of hydrogen-bond acceptors (Lipinski definition) is 2. The van der Waals surface area contributed by atoms with Crippen LogP contribution in [0.2, 0.25) is 5.02 Å². The molecule has 0 aromatic heterocycles. The van der Waals surface area contributed by atoms with E-state index in [9.17, 15) is 0 Å². The van der Waals surface area contributed by atoms with Crippen molar-refractivity contribution in [2.24, 2.45) is 4.99 Å². The van der Waals surface area contributed by atoms with Gasteiger partial charge in [0, 0.05) is 21.6 Å². The third-order valence-corrected chi connectivity index (χ3v) is 5.42. The molecule has 0 radical (unpaired) electrons. The first-order valence-corrected chi connectivity index (χ1v) is 9.63. The summed E-state index contributed by atoms with van der Waals surface area (Å²) < 4.78 is 1.11. The number of halogens is 2. The molecule has 3 aromatic carbocycles. The maximum absolute atomic E-state index is 6.53. The molecule has 0 bridgehead atoms. The molecule has 0 aliphatic carbocycles. The van der Waals surface area contributed by atoms with Crippen LogP contribution in [0.25, 0.3) is 10.8 Å². The Hall–Kier alpha value is -1.84. The van der Waals surface area contributed by atoms with Crippen molar-refractivity contribution in [3.8, 4) is 0 Å². The Bertz CT molecular complexity index is 965. The lowest BCUT2D eigenvalue weighted by atomic mass is 9.96. The zero-order valence-corrected chi connectivity index (χ0v) is 16.1. The molecule has 25 heavy (non-hydrogen) atoms. The first kappa shape index (κ1) is 16.6. The van der Waals surface area contributed by atoms with Gasteiger partial charge in [0.25, 0.3) is 0 Å². The molecule has 0 unspecified atom stereocenters. The average Bonchev–Trinajstić information content (AvgIpc) is 3.14. The van der Waals surface area contributed by atoms with Crippen molar-refractivity contribution in [1.29, 1.82) is 0 Å². The van der Waals surface area contributed by atoms with Gasteiger partial charge in [-0.15, -0.1) is 0 Å². The fourth-order valence-corrected chi connectivity index (χ4v) is 4.22. The summed E-state index contributed by atoms with van der Waals surface area (Å²) in [6.45, 7) is 1.73. The summed E-state index contributed by atoms with van der Waals surface area (Å²) >= 11 is 10.2. The van der Waals surface area contributed by atoms with Gasteiger partial charge in [-0.2, -0.15) is 0 Å². The summed E-state index contributed by atoms with van der Waals surface area (Å²) in [7, 11) is 0. The van der Waals surface area contributed by atoms with E-state index in [-0.39, 0.29) is 0 Å². The highest BCUT2D eigenvalue weighted by atomic mass is 79.9. The molecule has 0 saturated heterocycles. The zero-order valence-electron chi connectivity index (χ0n) is 13.7. The van der Waals surface area contributed by atoms with Gasteiger partial charge in [-0.25, -0.2) is 0 Å². The van der Waals surface area contributed by atoms with Crippen LogP contribution in [-0.4, -0.2) is 18.9 Å². The Balaban J connectivity index is 1.69. The van der Waals surface area contributed by atoms with Gasteiger partial charge in [0.2, 0.25) is 0 Å². The minimum atomic E-state index is 0.813. The van der Waals surface area contributed by atoms with Gasteiger partial charge in [0.1, 0.15) is 5.84 Å². The number of rotatable bonds is 4. The molecule has 126 valence electrons. The lowest BCUT2D eigenvalue weighted by Gasteiger charge is -2.13. The fourth-order valence-electron chi connectivity index (χ4n) is 3.43. The van der Waals surface area contributed by atoms with E-state index in [4.69, 9.17) is 11.6 Å². The second-order valence-corrected chi connectivity index (χ2v) is 7.53. The van der Waals surface area contributed by atoms with Crippen molar-refractivity contribution < 1.29 is 0 Å². The smallest absolute Gasteiger partial charge is 0.128 e. The Morgan fingerprint density at radius 1 is 1.04 bits per heavy atom. The maximum atomic E-state index is 6.53. The normalized spacial score (nSPS) is 13.8. The van der Waals surface area contributed by atoms with Crippen molar-refractivity contribution in [1.82, 2.24) is 5.32 Å². The van der Waals surface area contributed by atoms with E-state index in [2.05, 4.69) is 68.7 Å². The number of nitrogens with one attached hydrogen (secondary N) is 1. The molecule has 0 amide bonds. The van der Waals surface area contributed by atoms with Gasteiger partial charge in [-0.3, -0.25) is 4.99 Å². The number of aryl methyl sites for hydroxylation is 1. The van der Waals surface area contributed by atoms with E-state index in [0.717, 1.165) is 46.8 Å². The number of fused-ring (bicyclic) bond motifs is 1. The second-order valence-electron chi connectivity index (χ2n) is 6.21. The zero-order chi connectivity index (χ0) is 17.2. The molecule has 0 saturated carbocycles. The van der Waals surface area contributed by atoms with Crippen molar-refractivity contribution in [3.63, 3.8) is 0 Å². The van der Waals surface area contributed by atoms with E-state index < -0.39 is 0 Å². The van der Waals surface area contributed by atoms with Crippen LogP contribution in [0.5, 0.6) is 0 Å². The van der Waals surface area contributed by atoms with E-state index >= 15 is 0 Å². The Kier molecular flexibility index (Phi) is 4.78. The Morgan fingerprint density at radius 2 is 1.92 bits per heavy atom. The monoisotopic (exact) mass is 412 g/mol. The highest BCUT2D eigenvalue weighted by Gasteiger charge is 2.15. The molecule has 0 fully saturated rings. The molecular formula is C21H18BrClN2. The Morgan fingerprint density at radius 3 is 2.76 bits per heavy atom. The first-order valence-electron chi connectivity index (χ1n) is 8.45. The summed E-state index contributed by atoms with van der Waals surface area (Å²) in [5.74, 6) is 0.969. The van der Waals surface area contributed by atoms with Crippen LogP contribution in [0.3, 0.4) is 0 Å². The predicted molar refractivity (Wildman–Crippen MR) is 110 cm³/mol. The van der Waals surface area contributed by atoms with Crippen molar-refractivity contribution in [2.75, 3.05) is 13.1 Å². The first-order chi connectivity index (χ1) is 12.2. The van der Waals surface area contributed by atoms with Gasteiger partial charge < -0.3 is 5.32 Å².